The van der Waals surface area contributed by atoms with E-state index in [0.717, 1.165) is 50.0 Å². The predicted molar refractivity (Wildman–Crippen MR) is 183 cm³/mol. The number of pyridine rings is 1. The normalized spacial score (nSPS) is 11.3. The molecule has 3 heterocycles. The number of halogens is 1. The summed E-state index contributed by atoms with van der Waals surface area (Å²) in [5, 5.41) is 7.01. The van der Waals surface area contributed by atoms with Crippen LogP contribution in [0.2, 0.25) is 0 Å². The van der Waals surface area contributed by atoms with Crippen molar-refractivity contribution in [1.29, 1.82) is 0 Å². The molecule has 0 saturated carbocycles. The van der Waals surface area contributed by atoms with Crippen molar-refractivity contribution in [2.24, 2.45) is 0 Å². The fourth-order valence-corrected chi connectivity index (χ4v) is 6.75. The first-order valence-electron chi connectivity index (χ1n) is 15.5. The van der Waals surface area contributed by atoms with Crippen molar-refractivity contribution in [1.82, 2.24) is 19.3 Å². The summed E-state index contributed by atoms with van der Waals surface area (Å²) in [6.45, 7) is 17.3. The van der Waals surface area contributed by atoms with Crippen molar-refractivity contribution in [2.75, 3.05) is 0 Å². The Morgan fingerprint density at radius 1 is 0.702 bits per heavy atom. The Morgan fingerprint density at radius 2 is 1.40 bits per heavy atom. The van der Waals surface area contributed by atoms with E-state index >= 15 is 0 Å². The molecule has 7 aromatic rings. The number of rotatable bonds is 5. The van der Waals surface area contributed by atoms with Crippen molar-refractivity contribution in [2.45, 2.75) is 55.4 Å². The number of hydrogen-bond donors (Lipinski definition) is 0. The molecule has 0 N–H and O–H groups in total. The zero-order valence-corrected chi connectivity index (χ0v) is 29.3. The molecule has 7 rings (SSSR count). The molecule has 0 atom stereocenters. The monoisotopic (exact) mass is 712 g/mol. The average Bonchev–Trinajstić information content (AvgIpc) is 3.52. The Bertz CT molecular complexity index is 2320. The van der Waals surface area contributed by atoms with Crippen LogP contribution in [0.1, 0.15) is 44.8 Å². The predicted octanol–water partition coefficient (Wildman–Crippen LogP) is 10.0. The van der Waals surface area contributed by atoms with E-state index in [2.05, 4.69) is 71.6 Å². The topological polar surface area (TPSA) is 44.9 Å². The van der Waals surface area contributed by atoms with Gasteiger partial charge in [0.25, 0.3) is 0 Å². The van der Waals surface area contributed by atoms with Gasteiger partial charge >= 0.3 is 20.4 Å². The molecule has 0 aliphatic rings. The molecule has 0 fully saturated rings. The van der Waals surface area contributed by atoms with Crippen molar-refractivity contribution >= 4 is 21.8 Å². The van der Waals surface area contributed by atoms with Gasteiger partial charge in [-0.25, -0.2) is 9.37 Å². The third-order valence-electron chi connectivity index (χ3n) is 9.46. The van der Waals surface area contributed by atoms with Crippen LogP contribution in [0.3, 0.4) is 0 Å². The zero-order chi connectivity index (χ0) is 32.4. The van der Waals surface area contributed by atoms with Gasteiger partial charge in [-0.3, -0.25) is 4.68 Å². The van der Waals surface area contributed by atoms with Gasteiger partial charge in [0.05, 0.1) is 5.69 Å². The summed E-state index contributed by atoms with van der Waals surface area (Å²) in [6, 6.07) is 25.6. The third-order valence-corrected chi connectivity index (χ3v) is 9.46. The van der Waals surface area contributed by atoms with E-state index in [0.29, 0.717) is 17.3 Å². The van der Waals surface area contributed by atoms with E-state index in [1.807, 2.05) is 58.6 Å². The zero-order valence-electron chi connectivity index (χ0n) is 27.7. The first kappa shape index (κ1) is 32.4. The maximum Gasteiger partial charge on any atom is 2.00 e. The molecule has 238 valence electrons. The molecule has 0 spiro atoms. The molecule has 0 amide bonds. The second-order valence-electron chi connectivity index (χ2n) is 12.2. The van der Waals surface area contributed by atoms with E-state index < -0.39 is 0 Å². The molecule has 0 bridgehead atoms. The van der Waals surface area contributed by atoms with Gasteiger partial charge < -0.3 is 9.30 Å². The minimum atomic E-state index is -0.351. The van der Waals surface area contributed by atoms with Gasteiger partial charge in [0, 0.05) is 40.5 Å². The van der Waals surface area contributed by atoms with Crippen LogP contribution < -0.4 is 4.74 Å². The Balaban J connectivity index is 0.00000386. The molecular formula is C40H35FN4OPd. The van der Waals surface area contributed by atoms with Gasteiger partial charge in [0.15, 0.2) is 0 Å². The number of fused-ring (bicyclic) bond motifs is 3. The molecule has 5 nitrogen and oxygen atoms in total. The number of ether oxygens (including phenoxy) is 1. The fraction of sp³-hybridized carbons (Fsp3) is 0.200. The maximum atomic E-state index is 14.3. The summed E-state index contributed by atoms with van der Waals surface area (Å²) in [5.41, 5.74) is 14.5. The number of benzene rings is 4. The Labute approximate surface area is 288 Å². The van der Waals surface area contributed by atoms with Gasteiger partial charge in [-0.2, -0.15) is 16.7 Å². The van der Waals surface area contributed by atoms with Crippen molar-refractivity contribution in [3.05, 3.63) is 130 Å². The first-order valence-corrected chi connectivity index (χ1v) is 15.5. The second-order valence-corrected chi connectivity index (χ2v) is 12.2. The summed E-state index contributed by atoms with van der Waals surface area (Å²) < 4.78 is 24.6. The SMILES string of the molecule is Cc1cc(Oc2[c-]c3c(cc2)c2ccccc2n3-c2cc(F)ccn2)[c-]c(-n2nc(C)c(-c3c(C)c(C)c(C)c(C)c3C)c2C)c1.[Pd+2]. The van der Waals surface area contributed by atoms with Crippen LogP contribution in [0.25, 0.3) is 44.4 Å². The van der Waals surface area contributed by atoms with Gasteiger partial charge in [0.2, 0.25) is 0 Å². The van der Waals surface area contributed by atoms with E-state index in [1.165, 1.54) is 51.7 Å². The smallest absolute Gasteiger partial charge is 0.509 e. The average molecular weight is 713 g/mol. The fourth-order valence-electron chi connectivity index (χ4n) is 6.75. The largest absolute Gasteiger partial charge is 2.00 e. The Kier molecular flexibility index (Phi) is 8.42. The summed E-state index contributed by atoms with van der Waals surface area (Å²) >= 11 is 0. The van der Waals surface area contributed by atoms with Crippen molar-refractivity contribution in [3.8, 4) is 34.1 Å². The van der Waals surface area contributed by atoms with Crippen molar-refractivity contribution in [3.63, 3.8) is 0 Å². The molecular weight excluding hydrogens is 678 g/mol. The molecule has 47 heavy (non-hydrogen) atoms. The van der Waals surface area contributed by atoms with Gasteiger partial charge in [-0.05, 0) is 105 Å². The van der Waals surface area contributed by atoms with Crippen LogP contribution in [-0.2, 0) is 20.4 Å². The number of hydrogen-bond acceptors (Lipinski definition) is 3. The third kappa shape index (κ3) is 5.38. The second kappa shape index (κ2) is 12.2. The number of aryl methyl sites for hydroxylation is 2. The maximum absolute atomic E-state index is 14.3. The van der Waals surface area contributed by atoms with Crippen LogP contribution >= 0.6 is 0 Å². The van der Waals surface area contributed by atoms with Gasteiger partial charge in [0.1, 0.15) is 11.6 Å². The summed E-state index contributed by atoms with van der Waals surface area (Å²) in [6.07, 6.45) is 1.48. The summed E-state index contributed by atoms with van der Waals surface area (Å²) in [4.78, 5) is 4.46. The van der Waals surface area contributed by atoms with Crippen LogP contribution in [0.5, 0.6) is 11.5 Å². The number of aromatic nitrogens is 4. The standard InChI is InChI=1S/C40H35FN4O.Pd/c1-22-17-31(45-29(8)40(28(7)43-45)39-26(5)24(3)23(2)25(4)27(39)6)20-33(18-22)46-32-13-14-35-34-11-9-10-12-36(34)44(37(35)21-32)38-19-30(41)15-16-42-38;/h9-19H,1-8H3;/q-2;+2. The quantitative estimate of drug-likeness (QED) is 0.132. The van der Waals surface area contributed by atoms with Crippen LogP contribution in [0.4, 0.5) is 4.39 Å². The van der Waals surface area contributed by atoms with Crippen molar-refractivity contribution < 1.29 is 29.6 Å². The minimum absolute atomic E-state index is 0. The molecule has 0 radical (unpaired) electrons. The van der Waals surface area contributed by atoms with Gasteiger partial charge in [-0.1, -0.05) is 30.6 Å². The Morgan fingerprint density at radius 3 is 2.13 bits per heavy atom. The molecule has 4 aromatic carbocycles. The molecule has 0 aliphatic carbocycles. The van der Waals surface area contributed by atoms with Gasteiger partial charge in [-0.15, -0.1) is 35.7 Å². The van der Waals surface area contributed by atoms with E-state index in [1.54, 1.807) is 0 Å². The number of para-hydroxylation sites is 1. The minimum Gasteiger partial charge on any atom is -0.509 e. The van der Waals surface area contributed by atoms with Crippen LogP contribution in [-0.4, -0.2) is 19.3 Å². The molecule has 7 heteroatoms. The van der Waals surface area contributed by atoms with E-state index in [4.69, 9.17) is 9.84 Å². The number of nitrogens with zero attached hydrogens (tertiary/aromatic N) is 4. The van der Waals surface area contributed by atoms with E-state index in [9.17, 15) is 4.39 Å². The molecule has 0 saturated heterocycles. The van der Waals surface area contributed by atoms with Crippen LogP contribution in [0.15, 0.2) is 66.9 Å². The molecule has 3 aromatic heterocycles. The Hall–Kier alpha value is -4.57. The van der Waals surface area contributed by atoms with E-state index in [-0.39, 0.29) is 26.2 Å². The first-order chi connectivity index (χ1) is 22.0. The molecule has 0 aliphatic heterocycles. The summed E-state index contributed by atoms with van der Waals surface area (Å²) in [7, 11) is 0. The summed E-state index contributed by atoms with van der Waals surface area (Å²) in [5.74, 6) is 1.21. The van der Waals surface area contributed by atoms with Crippen LogP contribution in [0, 0.1) is 73.3 Å². The molecule has 0 unspecified atom stereocenters.